The number of anilines is 1. The predicted octanol–water partition coefficient (Wildman–Crippen LogP) is 1.78. The van der Waals surface area contributed by atoms with Crippen molar-refractivity contribution in [3.8, 4) is 5.75 Å². The Kier molecular flexibility index (Phi) is 5.38. The summed E-state index contributed by atoms with van der Waals surface area (Å²) in [7, 11) is 3.56. The zero-order chi connectivity index (χ0) is 13.1. The molecule has 1 heterocycles. The van der Waals surface area contributed by atoms with Crippen molar-refractivity contribution in [2.24, 2.45) is 0 Å². The number of likely N-dealkylation sites (N-methyl/N-ethyl adjacent to an activating group) is 1. The fraction of sp³-hybridized carbons (Fsp3) is 0.500. The third kappa shape index (κ3) is 3.48. The number of halogens is 1. The van der Waals surface area contributed by atoms with Crippen LogP contribution in [0.5, 0.6) is 5.75 Å². The van der Waals surface area contributed by atoms with Crippen LogP contribution >= 0.6 is 12.4 Å². The Labute approximate surface area is 118 Å². The van der Waals surface area contributed by atoms with Gasteiger partial charge in [0, 0.05) is 26.2 Å². The Bertz CT molecular complexity index is 448. The molecule has 2 rings (SSSR count). The van der Waals surface area contributed by atoms with Gasteiger partial charge in [-0.05, 0) is 19.2 Å². The average molecular weight is 288 g/mol. The lowest BCUT2D eigenvalue weighted by atomic mass is 10.2. The number of hydrogen-bond donors (Lipinski definition) is 0. The Morgan fingerprint density at radius 3 is 2.42 bits per heavy atom. The number of hydrogen-bond acceptors (Lipinski definition) is 5. The fourth-order valence-corrected chi connectivity index (χ4v) is 2.09. The molecule has 1 aromatic rings. The molecule has 1 saturated heterocycles. The van der Waals surface area contributed by atoms with Gasteiger partial charge in [0.15, 0.2) is 0 Å². The minimum Gasteiger partial charge on any atom is -0.496 e. The van der Waals surface area contributed by atoms with Crippen molar-refractivity contribution in [1.82, 2.24) is 4.90 Å². The normalized spacial score (nSPS) is 15.8. The zero-order valence-electron chi connectivity index (χ0n) is 11.0. The molecule has 0 atom stereocenters. The van der Waals surface area contributed by atoms with Gasteiger partial charge < -0.3 is 14.5 Å². The number of ether oxygens (including phenoxy) is 1. The molecule has 0 radical (unpaired) electrons. The molecule has 0 N–H and O–H groups in total. The van der Waals surface area contributed by atoms with E-state index in [2.05, 4.69) is 16.8 Å². The van der Waals surface area contributed by atoms with Crippen molar-refractivity contribution in [3.63, 3.8) is 0 Å². The summed E-state index contributed by atoms with van der Waals surface area (Å²) in [6.45, 7) is 3.46. The second-order valence-electron chi connectivity index (χ2n) is 4.40. The van der Waals surface area contributed by atoms with Crippen LogP contribution in [-0.4, -0.2) is 50.2 Å². The Hall–Kier alpha value is -1.53. The van der Waals surface area contributed by atoms with Crippen LogP contribution < -0.4 is 9.64 Å². The molecule has 0 unspecified atom stereocenters. The summed E-state index contributed by atoms with van der Waals surface area (Å²) in [5.74, 6) is 0.513. The summed E-state index contributed by atoms with van der Waals surface area (Å²) in [6.07, 6.45) is 0. The first kappa shape index (κ1) is 15.5. The smallest absolute Gasteiger partial charge is 0.296 e. The molecule has 1 aliphatic rings. The van der Waals surface area contributed by atoms with Crippen LogP contribution in [0.25, 0.3) is 0 Å². The van der Waals surface area contributed by atoms with Crippen molar-refractivity contribution in [2.75, 3.05) is 45.2 Å². The molecule has 1 aromatic carbocycles. The van der Waals surface area contributed by atoms with E-state index in [1.807, 2.05) is 0 Å². The maximum absolute atomic E-state index is 11.1. The van der Waals surface area contributed by atoms with E-state index in [1.54, 1.807) is 12.1 Å². The highest BCUT2D eigenvalue weighted by molar-refractivity contribution is 5.85. The Morgan fingerprint density at radius 1 is 1.26 bits per heavy atom. The molecule has 0 bridgehead atoms. The summed E-state index contributed by atoms with van der Waals surface area (Å²) in [5, 5.41) is 11.1. The summed E-state index contributed by atoms with van der Waals surface area (Å²) in [5.41, 5.74) is 0.785. The number of benzene rings is 1. The molecular formula is C12H18ClN3O3. The van der Waals surface area contributed by atoms with Crippen LogP contribution in [0.2, 0.25) is 0 Å². The van der Waals surface area contributed by atoms with Gasteiger partial charge in [0.25, 0.3) is 5.69 Å². The third-order valence-corrected chi connectivity index (χ3v) is 3.22. The van der Waals surface area contributed by atoms with Gasteiger partial charge in [0.1, 0.15) is 11.4 Å². The van der Waals surface area contributed by atoms with Crippen LogP contribution in [0.4, 0.5) is 11.4 Å². The summed E-state index contributed by atoms with van der Waals surface area (Å²) >= 11 is 0. The van der Waals surface area contributed by atoms with Crippen LogP contribution in [0, 0.1) is 10.1 Å². The molecule has 1 fully saturated rings. The van der Waals surface area contributed by atoms with E-state index in [0.29, 0.717) is 11.4 Å². The SMILES string of the molecule is COc1ccc(N2CCN(C)CC2)c([N+](=O)[O-])c1.Cl. The van der Waals surface area contributed by atoms with Gasteiger partial charge in [0.2, 0.25) is 0 Å². The lowest BCUT2D eigenvalue weighted by Gasteiger charge is -2.33. The summed E-state index contributed by atoms with van der Waals surface area (Å²) < 4.78 is 5.03. The number of nitro groups is 1. The topological polar surface area (TPSA) is 58.8 Å². The van der Waals surface area contributed by atoms with E-state index in [-0.39, 0.29) is 23.0 Å². The molecule has 7 heteroatoms. The van der Waals surface area contributed by atoms with E-state index < -0.39 is 0 Å². The van der Waals surface area contributed by atoms with Crippen LogP contribution in [-0.2, 0) is 0 Å². The molecule has 0 amide bonds. The van der Waals surface area contributed by atoms with E-state index in [0.717, 1.165) is 26.2 Å². The van der Waals surface area contributed by atoms with Crippen LogP contribution in [0.1, 0.15) is 0 Å². The van der Waals surface area contributed by atoms with Gasteiger partial charge in [-0.25, -0.2) is 0 Å². The van der Waals surface area contributed by atoms with Crippen molar-refractivity contribution < 1.29 is 9.66 Å². The van der Waals surface area contributed by atoms with E-state index in [9.17, 15) is 10.1 Å². The highest BCUT2D eigenvalue weighted by Crippen LogP contribution is 2.32. The average Bonchev–Trinajstić information content (AvgIpc) is 2.39. The van der Waals surface area contributed by atoms with Crippen LogP contribution in [0.3, 0.4) is 0 Å². The summed E-state index contributed by atoms with van der Waals surface area (Å²) in [4.78, 5) is 15.0. The molecule has 1 aliphatic heterocycles. The van der Waals surface area contributed by atoms with Gasteiger partial charge in [-0.15, -0.1) is 12.4 Å². The molecule has 0 aliphatic carbocycles. The molecular weight excluding hydrogens is 270 g/mol. The molecule has 19 heavy (non-hydrogen) atoms. The van der Waals surface area contributed by atoms with Gasteiger partial charge in [-0.3, -0.25) is 10.1 Å². The lowest BCUT2D eigenvalue weighted by molar-refractivity contribution is -0.384. The lowest BCUT2D eigenvalue weighted by Crippen LogP contribution is -2.44. The van der Waals surface area contributed by atoms with Gasteiger partial charge in [-0.1, -0.05) is 0 Å². The van der Waals surface area contributed by atoms with Crippen molar-refractivity contribution in [2.45, 2.75) is 0 Å². The molecule has 0 spiro atoms. The van der Waals surface area contributed by atoms with E-state index >= 15 is 0 Å². The minimum absolute atomic E-state index is 0. The summed E-state index contributed by atoms with van der Waals surface area (Å²) in [6, 6.07) is 5.01. The first-order chi connectivity index (χ1) is 8.61. The second kappa shape index (κ2) is 6.58. The number of rotatable bonds is 3. The van der Waals surface area contributed by atoms with Gasteiger partial charge >= 0.3 is 0 Å². The Morgan fingerprint density at radius 2 is 1.89 bits per heavy atom. The van der Waals surface area contributed by atoms with Gasteiger partial charge in [0.05, 0.1) is 18.1 Å². The highest BCUT2D eigenvalue weighted by atomic mass is 35.5. The van der Waals surface area contributed by atoms with E-state index in [1.165, 1.54) is 13.2 Å². The standard InChI is InChI=1S/C12H17N3O3.ClH/c1-13-5-7-14(8-6-13)11-4-3-10(18-2)9-12(11)15(16)17;/h3-4,9H,5-8H2,1-2H3;1H. The van der Waals surface area contributed by atoms with Crippen molar-refractivity contribution in [3.05, 3.63) is 28.3 Å². The third-order valence-electron chi connectivity index (χ3n) is 3.22. The van der Waals surface area contributed by atoms with Gasteiger partial charge in [-0.2, -0.15) is 0 Å². The zero-order valence-corrected chi connectivity index (χ0v) is 11.9. The fourth-order valence-electron chi connectivity index (χ4n) is 2.09. The highest BCUT2D eigenvalue weighted by Gasteiger charge is 2.23. The number of nitro benzene ring substituents is 1. The quantitative estimate of drug-likeness (QED) is 0.626. The van der Waals surface area contributed by atoms with Crippen LogP contribution in [0.15, 0.2) is 18.2 Å². The largest absolute Gasteiger partial charge is 0.496 e. The molecule has 0 aromatic heterocycles. The number of methoxy groups -OCH3 is 1. The van der Waals surface area contributed by atoms with Crippen molar-refractivity contribution >= 4 is 23.8 Å². The maximum Gasteiger partial charge on any atom is 0.296 e. The second-order valence-corrected chi connectivity index (χ2v) is 4.40. The monoisotopic (exact) mass is 287 g/mol. The first-order valence-electron chi connectivity index (χ1n) is 5.87. The first-order valence-corrected chi connectivity index (χ1v) is 5.87. The molecule has 6 nitrogen and oxygen atoms in total. The predicted molar refractivity (Wildman–Crippen MR) is 76.6 cm³/mol. The Balaban J connectivity index is 0.00000180. The number of nitrogens with zero attached hydrogens (tertiary/aromatic N) is 3. The van der Waals surface area contributed by atoms with E-state index in [4.69, 9.17) is 4.74 Å². The van der Waals surface area contributed by atoms with Crippen molar-refractivity contribution in [1.29, 1.82) is 0 Å². The maximum atomic E-state index is 11.1. The molecule has 106 valence electrons. The molecule has 0 saturated carbocycles. The minimum atomic E-state index is -0.351. The number of piperazine rings is 1.